The first-order valence-corrected chi connectivity index (χ1v) is 7.66. The van der Waals surface area contributed by atoms with Gasteiger partial charge in [0, 0.05) is 7.05 Å². The Morgan fingerprint density at radius 2 is 2.32 bits per heavy atom. The number of nitrogens with one attached hydrogen (secondary N) is 3. The molecule has 1 amide bonds. The van der Waals surface area contributed by atoms with E-state index in [1.165, 1.54) is 0 Å². The number of carbonyl (C=O) groups excluding carboxylic acids is 1. The summed E-state index contributed by atoms with van der Waals surface area (Å²) in [5.41, 5.74) is 0. The fraction of sp³-hybridized carbons (Fsp3) is 0.600. The number of rotatable bonds is 5. The van der Waals surface area contributed by atoms with Gasteiger partial charge in [-0.15, -0.1) is 0 Å². The molecule has 22 heavy (non-hydrogen) atoms. The molecule has 1 aromatic heterocycles. The number of fused-ring (bicyclic) bond motifs is 2. The van der Waals surface area contributed by atoms with Gasteiger partial charge in [-0.1, -0.05) is 0 Å². The van der Waals surface area contributed by atoms with Crippen molar-refractivity contribution in [2.24, 2.45) is 4.99 Å². The zero-order valence-electron chi connectivity index (χ0n) is 12.7. The molecule has 2 aliphatic rings. The Hall–Kier alpha value is -2.02. The van der Waals surface area contributed by atoms with Gasteiger partial charge in [0.2, 0.25) is 5.91 Å². The average molecular weight is 306 g/mol. The molecule has 3 heterocycles. The fourth-order valence-electron chi connectivity index (χ4n) is 2.99. The van der Waals surface area contributed by atoms with E-state index in [9.17, 15) is 4.79 Å². The van der Waals surface area contributed by atoms with Crippen molar-refractivity contribution in [2.75, 3.05) is 13.6 Å². The first-order chi connectivity index (χ1) is 10.7. The number of carbonyl (C=O) groups is 1. The monoisotopic (exact) mass is 306 g/mol. The Bertz CT molecular complexity index is 529. The molecule has 3 atom stereocenters. The van der Waals surface area contributed by atoms with E-state index in [1.54, 1.807) is 19.4 Å². The van der Waals surface area contributed by atoms with Gasteiger partial charge in [-0.3, -0.25) is 9.79 Å². The molecule has 7 nitrogen and oxygen atoms in total. The molecular formula is C15H22N4O3. The summed E-state index contributed by atoms with van der Waals surface area (Å²) in [5, 5.41) is 9.15. The smallest absolute Gasteiger partial charge is 0.239 e. The van der Waals surface area contributed by atoms with Crippen LogP contribution in [0.2, 0.25) is 0 Å². The molecule has 3 N–H and O–H groups in total. The highest BCUT2D eigenvalue weighted by Crippen LogP contribution is 2.34. The van der Waals surface area contributed by atoms with Crippen LogP contribution >= 0.6 is 0 Å². The maximum absolute atomic E-state index is 11.8. The van der Waals surface area contributed by atoms with Crippen molar-refractivity contribution in [3.63, 3.8) is 0 Å². The average Bonchev–Trinajstić information content (AvgIpc) is 3.26. The van der Waals surface area contributed by atoms with Crippen LogP contribution in [0.1, 0.15) is 25.0 Å². The summed E-state index contributed by atoms with van der Waals surface area (Å²) < 4.78 is 11.0. The lowest BCUT2D eigenvalue weighted by Crippen LogP contribution is -2.49. The van der Waals surface area contributed by atoms with Gasteiger partial charge in [-0.2, -0.15) is 0 Å². The molecule has 7 heteroatoms. The number of nitrogens with zero attached hydrogens (tertiary/aromatic N) is 1. The predicted octanol–water partition coefficient (Wildman–Crippen LogP) is 0.381. The van der Waals surface area contributed by atoms with Crippen molar-refractivity contribution in [1.82, 2.24) is 16.0 Å². The Labute approximate surface area is 129 Å². The van der Waals surface area contributed by atoms with Gasteiger partial charge in [-0.05, 0) is 31.4 Å². The molecule has 2 saturated heterocycles. The van der Waals surface area contributed by atoms with Crippen LogP contribution in [-0.2, 0) is 16.1 Å². The second-order valence-corrected chi connectivity index (χ2v) is 5.64. The molecule has 120 valence electrons. The summed E-state index contributed by atoms with van der Waals surface area (Å²) in [7, 11) is 1.70. The second-order valence-electron chi connectivity index (χ2n) is 5.64. The molecule has 0 spiro atoms. The third-order valence-electron chi connectivity index (χ3n) is 4.11. The van der Waals surface area contributed by atoms with E-state index < -0.39 is 0 Å². The van der Waals surface area contributed by atoms with Crippen molar-refractivity contribution >= 4 is 11.9 Å². The highest BCUT2D eigenvalue weighted by molar-refractivity contribution is 5.86. The molecule has 2 fully saturated rings. The topological polar surface area (TPSA) is 87.9 Å². The normalized spacial score (nSPS) is 27.0. The lowest BCUT2D eigenvalue weighted by Gasteiger charge is -2.22. The van der Waals surface area contributed by atoms with Crippen LogP contribution in [0.5, 0.6) is 0 Å². The number of hydrogen-bond acceptors (Lipinski definition) is 4. The third-order valence-corrected chi connectivity index (χ3v) is 4.11. The molecule has 0 aliphatic carbocycles. The number of guanidine groups is 1. The molecule has 0 saturated carbocycles. The first-order valence-electron chi connectivity index (χ1n) is 7.66. The molecule has 3 unspecified atom stereocenters. The maximum Gasteiger partial charge on any atom is 0.239 e. The molecule has 0 radical (unpaired) electrons. The van der Waals surface area contributed by atoms with Gasteiger partial charge in [0.1, 0.15) is 5.76 Å². The number of aliphatic imine (C=N–C) groups is 1. The quantitative estimate of drug-likeness (QED) is 0.541. The van der Waals surface area contributed by atoms with Crippen molar-refractivity contribution < 1.29 is 13.9 Å². The minimum atomic E-state index is -0.108. The van der Waals surface area contributed by atoms with E-state index in [-0.39, 0.29) is 24.6 Å². The second kappa shape index (κ2) is 6.83. The summed E-state index contributed by atoms with van der Waals surface area (Å²) in [6.45, 7) is 0.557. The first kappa shape index (κ1) is 14.9. The van der Waals surface area contributed by atoms with Crippen molar-refractivity contribution in [2.45, 2.75) is 44.1 Å². The molecule has 3 rings (SSSR count). The number of furan rings is 1. The Balaban J connectivity index is 1.38. The minimum Gasteiger partial charge on any atom is -0.467 e. The summed E-state index contributed by atoms with van der Waals surface area (Å²) in [5.74, 6) is 1.26. The minimum absolute atomic E-state index is 0.108. The van der Waals surface area contributed by atoms with Gasteiger partial charge in [0.05, 0.1) is 37.6 Å². The lowest BCUT2D eigenvalue weighted by molar-refractivity contribution is -0.120. The van der Waals surface area contributed by atoms with Crippen LogP contribution in [0.15, 0.2) is 27.8 Å². The van der Waals surface area contributed by atoms with E-state index in [0.29, 0.717) is 18.6 Å². The van der Waals surface area contributed by atoms with E-state index in [2.05, 4.69) is 20.9 Å². The Morgan fingerprint density at radius 3 is 2.95 bits per heavy atom. The van der Waals surface area contributed by atoms with Gasteiger partial charge in [0.25, 0.3) is 0 Å². The highest BCUT2D eigenvalue weighted by Gasteiger charge is 2.41. The number of ether oxygens (including phenoxy) is 1. The molecular weight excluding hydrogens is 284 g/mol. The third kappa shape index (κ3) is 3.59. The summed E-state index contributed by atoms with van der Waals surface area (Å²) >= 11 is 0. The van der Waals surface area contributed by atoms with E-state index in [0.717, 1.165) is 25.0 Å². The highest BCUT2D eigenvalue weighted by atomic mass is 16.5. The molecule has 2 aliphatic heterocycles. The maximum atomic E-state index is 11.8. The summed E-state index contributed by atoms with van der Waals surface area (Å²) in [4.78, 5) is 16.0. The largest absolute Gasteiger partial charge is 0.467 e. The zero-order valence-corrected chi connectivity index (χ0v) is 12.7. The Morgan fingerprint density at radius 1 is 1.41 bits per heavy atom. The van der Waals surface area contributed by atoms with Gasteiger partial charge in [0.15, 0.2) is 5.96 Å². The SMILES string of the molecule is CN=C(NCC(=O)NCc1ccco1)NC1CC2CCC1O2. The lowest BCUT2D eigenvalue weighted by atomic mass is 9.96. The summed E-state index contributed by atoms with van der Waals surface area (Å²) in [6.07, 6.45) is 5.51. The van der Waals surface area contributed by atoms with Crippen LogP contribution in [0.3, 0.4) is 0 Å². The van der Waals surface area contributed by atoms with Gasteiger partial charge >= 0.3 is 0 Å². The van der Waals surface area contributed by atoms with Crippen LogP contribution in [0.25, 0.3) is 0 Å². The molecule has 1 aromatic rings. The van der Waals surface area contributed by atoms with E-state index in [1.807, 2.05) is 6.07 Å². The van der Waals surface area contributed by atoms with E-state index >= 15 is 0 Å². The van der Waals surface area contributed by atoms with Crippen LogP contribution in [-0.4, -0.2) is 43.7 Å². The molecule has 2 bridgehead atoms. The van der Waals surface area contributed by atoms with Crippen LogP contribution in [0, 0.1) is 0 Å². The molecule has 0 aromatic carbocycles. The summed E-state index contributed by atoms with van der Waals surface area (Å²) in [6, 6.07) is 3.91. The zero-order chi connectivity index (χ0) is 15.4. The predicted molar refractivity (Wildman–Crippen MR) is 81.4 cm³/mol. The number of amides is 1. The fourth-order valence-corrected chi connectivity index (χ4v) is 2.99. The van der Waals surface area contributed by atoms with Crippen molar-refractivity contribution in [3.05, 3.63) is 24.2 Å². The van der Waals surface area contributed by atoms with Crippen LogP contribution in [0.4, 0.5) is 0 Å². The van der Waals surface area contributed by atoms with Gasteiger partial charge < -0.3 is 25.1 Å². The van der Waals surface area contributed by atoms with Gasteiger partial charge in [-0.25, -0.2) is 0 Å². The van der Waals surface area contributed by atoms with Crippen molar-refractivity contribution in [3.8, 4) is 0 Å². The standard InChI is InChI=1S/C15H22N4O3/c1-16-15(19-12-7-10-4-5-13(12)22-10)18-9-14(20)17-8-11-3-2-6-21-11/h2-3,6,10,12-13H,4-5,7-9H2,1H3,(H,17,20)(H2,16,18,19). The van der Waals surface area contributed by atoms with Crippen molar-refractivity contribution in [1.29, 1.82) is 0 Å². The van der Waals surface area contributed by atoms with Crippen LogP contribution < -0.4 is 16.0 Å². The van der Waals surface area contributed by atoms with E-state index in [4.69, 9.17) is 9.15 Å². The Kier molecular flexibility index (Phi) is 4.62. The number of hydrogen-bond donors (Lipinski definition) is 3.